The van der Waals surface area contributed by atoms with E-state index in [4.69, 9.17) is 4.74 Å². The number of pyridine rings is 1. The highest BCUT2D eigenvalue weighted by molar-refractivity contribution is 5.98. The van der Waals surface area contributed by atoms with Crippen molar-refractivity contribution in [3.05, 3.63) is 52.5 Å². The zero-order valence-electron chi connectivity index (χ0n) is 20.5. The van der Waals surface area contributed by atoms with Gasteiger partial charge in [-0.05, 0) is 52.3 Å². The van der Waals surface area contributed by atoms with E-state index in [2.05, 4.69) is 4.98 Å². The first-order chi connectivity index (χ1) is 16.6. The average Bonchev–Trinajstić information content (AvgIpc) is 2.96. The van der Waals surface area contributed by atoms with Gasteiger partial charge >= 0.3 is 12.1 Å². The molecule has 0 radical (unpaired) electrons. The van der Waals surface area contributed by atoms with Gasteiger partial charge < -0.3 is 19.1 Å². The standard InChI is InChI=1S/C25H31F3N4O3/c1-5-32-17(3)20(23(18(32)4)24(34)35-6-2)9-11-22(33)31-13-7-12-30(14-15-31)21-10-8-19(16-29-21)25(26,27)28/h8-11,16H,5-7,12-15H2,1-4H3/b11-9+. The van der Waals surface area contributed by atoms with E-state index in [-0.39, 0.29) is 12.5 Å². The van der Waals surface area contributed by atoms with Gasteiger partial charge in [-0.3, -0.25) is 4.79 Å². The Labute approximate surface area is 203 Å². The van der Waals surface area contributed by atoms with Crippen molar-refractivity contribution in [2.75, 3.05) is 37.7 Å². The summed E-state index contributed by atoms with van der Waals surface area (Å²) in [6.45, 7) is 10.4. The fourth-order valence-electron chi connectivity index (χ4n) is 4.41. The number of anilines is 1. The van der Waals surface area contributed by atoms with Crippen LogP contribution in [-0.2, 0) is 22.3 Å². The van der Waals surface area contributed by atoms with Crippen molar-refractivity contribution < 1.29 is 27.5 Å². The van der Waals surface area contributed by atoms with E-state index in [1.165, 1.54) is 12.1 Å². The monoisotopic (exact) mass is 492 g/mol. The third-order valence-electron chi connectivity index (χ3n) is 6.23. The molecule has 1 aliphatic heterocycles. The summed E-state index contributed by atoms with van der Waals surface area (Å²) in [5.41, 5.74) is 2.02. The van der Waals surface area contributed by atoms with E-state index >= 15 is 0 Å². The zero-order valence-corrected chi connectivity index (χ0v) is 20.5. The molecule has 3 rings (SSSR count). The Balaban J connectivity index is 1.72. The van der Waals surface area contributed by atoms with Gasteiger partial charge in [-0.25, -0.2) is 9.78 Å². The predicted molar refractivity (Wildman–Crippen MR) is 127 cm³/mol. The molecule has 3 heterocycles. The second-order valence-electron chi connectivity index (χ2n) is 8.33. The molecule has 1 saturated heterocycles. The van der Waals surface area contributed by atoms with Gasteiger partial charge in [0.15, 0.2) is 0 Å². The highest BCUT2D eigenvalue weighted by Gasteiger charge is 2.31. The summed E-state index contributed by atoms with van der Waals surface area (Å²) < 4.78 is 45.7. The Morgan fingerprint density at radius 2 is 1.83 bits per heavy atom. The van der Waals surface area contributed by atoms with Gasteiger partial charge in [0, 0.05) is 61.9 Å². The fraction of sp³-hybridized carbons (Fsp3) is 0.480. The molecule has 0 spiro atoms. The summed E-state index contributed by atoms with van der Waals surface area (Å²) in [5.74, 6) is -0.154. The maximum Gasteiger partial charge on any atom is 0.417 e. The van der Waals surface area contributed by atoms with E-state index in [0.29, 0.717) is 56.1 Å². The Bertz CT molecular complexity index is 1090. The summed E-state index contributed by atoms with van der Waals surface area (Å²) >= 11 is 0. The molecule has 190 valence electrons. The number of rotatable bonds is 6. The summed E-state index contributed by atoms with van der Waals surface area (Å²) in [6.07, 6.45) is 0.197. The molecular formula is C25H31F3N4O3. The van der Waals surface area contributed by atoms with Crippen molar-refractivity contribution >= 4 is 23.8 Å². The Hall–Kier alpha value is -3.30. The largest absolute Gasteiger partial charge is 0.462 e. The summed E-state index contributed by atoms with van der Waals surface area (Å²) in [7, 11) is 0. The lowest BCUT2D eigenvalue weighted by molar-refractivity contribution is -0.137. The normalized spacial score (nSPS) is 14.9. The number of ether oxygens (including phenoxy) is 1. The van der Waals surface area contributed by atoms with Crippen LogP contribution in [0.2, 0.25) is 0 Å². The lowest BCUT2D eigenvalue weighted by Crippen LogP contribution is -2.34. The van der Waals surface area contributed by atoms with Crippen LogP contribution in [0, 0.1) is 13.8 Å². The van der Waals surface area contributed by atoms with E-state index in [0.717, 1.165) is 23.7 Å². The van der Waals surface area contributed by atoms with Gasteiger partial charge in [-0.1, -0.05) is 0 Å². The van der Waals surface area contributed by atoms with Crippen LogP contribution in [0.25, 0.3) is 6.08 Å². The van der Waals surface area contributed by atoms with Gasteiger partial charge in [0.2, 0.25) is 5.91 Å². The van der Waals surface area contributed by atoms with E-state index < -0.39 is 17.7 Å². The van der Waals surface area contributed by atoms with Crippen molar-refractivity contribution in [2.45, 2.75) is 46.8 Å². The molecule has 0 aromatic carbocycles. The maximum atomic E-state index is 13.0. The van der Waals surface area contributed by atoms with Crippen molar-refractivity contribution in [3.8, 4) is 0 Å². The van der Waals surface area contributed by atoms with Gasteiger partial charge in [-0.2, -0.15) is 13.2 Å². The van der Waals surface area contributed by atoms with Crippen LogP contribution < -0.4 is 4.90 Å². The van der Waals surface area contributed by atoms with Gasteiger partial charge in [0.1, 0.15) is 5.82 Å². The van der Waals surface area contributed by atoms with Crippen LogP contribution in [0.5, 0.6) is 0 Å². The summed E-state index contributed by atoms with van der Waals surface area (Å²) in [4.78, 5) is 33.1. The maximum absolute atomic E-state index is 13.0. The number of hydrogen-bond donors (Lipinski definition) is 0. The lowest BCUT2D eigenvalue weighted by atomic mass is 10.1. The number of aromatic nitrogens is 2. The molecule has 35 heavy (non-hydrogen) atoms. The second kappa shape index (κ2) is 11.0. The molecule has 0 bridgehead atoms. The molecule has 0 unspecified atom stereocenters. The highest BCUT2D eigenvalue weighted by atomic mass is 19.4. The van der Waals surface area contributed by atoms with Crippen LogP contribution >= 0.6 is 0 Å². The quantitative estimate of drug-likeness (QED) is 0.440. The first-order valence-corrected chi connectivity index (χ1v) is 11.7. The second-order valence-corrected chi connectivity index (χ2v) is 8.33. The third kappa shape index (κ3) is 5.86. The van der Waals surface area contributed by atoms with Gasteiger partial charge in [-0.15, -0.1) is 0 Å². The van der Waals surface area contributed by atoms with Crippen molar-refractivity contribution in [1.82, 2.24) is 14.5 Å². The molecule has 0 atom stereocenters. The minimum Gasteiger partial charge on any atom is -0.462 e. The fourth-order valence-corrected chi connectivity index (χ4v) is 4.41. The van der Waals surface area contributed by atoms with E-state index in [1.54, 1.807) is 17.9 Å². The summed E-state index contributed by atoms with van der Waals surface area (Å²) in [5, 5.41) is 0. The summed E-state index contributed by atoms with van der Waals surface area (Å²) in [6, 6.07) is 2.38. The van der Waals surface area contributed by atoms with Crippen LogP contribution in [0.3, 0.4) is 0 Å². The van der Waals surface area contributed by atoms with Crippen LogP contribution in [0.4, 0.5) is 19.0 Å². The lowest BCUT2D eigenvalue weighted by Gasteiger charge is -2.22. The first-order valence-electron chi connectivity index (χ1n) is 11.7. The molecule has 1 fully saturated rings. The first kappa shape index (κ1) is 26.3. The SMILES string of the molecule is CCOC(=O)c1c(/C=C/C(=O)N2CCCN(c3ccc(C(F)(F)F)cn3)CC2)c(C)n(CC)c1C. The Morgan fingerprint density at radius 3 is 2.43 bits per heavy atom. The zero-order chi connectivity index (χ0) is 25.8. The van der Waals surface area contributed by atoms with E-state index in [1.807, 2.05) is 30.2 Å². The molecular weight excluding hydrogens is 461 g/mol. The molecule has 2 aromatic rings. The molecule has 7 nitrogen and oxygen atoms in total. The Morgan fingerprint density at radius 1 is 1.09 bits per heavy atom. The molecule has 1 aliphatic rings. The minimum absolute atomic E-state index is 0.191. The van der Waals surface area contributed by atoms with Crippen molar-refractivity contribution in [3.63, 3.8) is 0 Å². The molecule has 0 aliphatic carbocycles. The number of nitrogens with zero attached hydrogens (tertiary/aromatic N) is 4. The third-order valence-corrected chi connectivity index (χ3v) is 6.23. The highest BCUT2D eigenvalue weighted by Crippen LogP contribution is 2.29. The number of carbonyl (C=O) groups excluding carboxylic acids is 2. The molecule has 1 amide bonds. The topological polar surface area (TPSA) is 67.7 Å². The average molecular weight is 493 g/mol. The van der Waals surface area contributed by atoms with Crippen molar-refractivity contribution in [2.24, 2.45) is 0 Å². The number of halogens is 3. The van der Waals surface area contributed by atoms with Crippen LogP contribution in [0.15, 0.2) is 24.4 Å². The van der Waals surface area contributed by atoms with Crippen LogP contribution in [-0.4, -0.2) is 59.1 Å². The molecule has 0 saturated carbocycles. The molecule has 0 N–H and O–H groups in total. The Kier molecular flexibility index (Phi) is 8.24. The van der Waals surface area contributed by atoms with Gasteiger partial charge in [0.05, 0.1) is 17.7 Å². The number of amides is 1. The molecule has 10 heteroatoms. The number of carbonyl (C=O) groups is 2. The van der Waals surface area contributed by atoms with Crippen molar-refractivity contribution in [1.29, 1.82) is 0 Å². The molecule has 2 aromatic heterocycles. The van der Waals surface area contributed by atoms with Gasteiger partial charge in [0.25, 0.3) is 0 Å². The van der Waals surface area contributed by atoms with E-state index in [9.17, 15) is 22.8 Å². The smallest absolute Gasteiger partial charge is 0.417 e. The number of alkyl halides is 3. The number of esters is 1. The number of hydrogen-bond acceptors (Lipinski definition) is 5. The van der Waals surface area contributed by atoms with Crippen LogP contribution in [0.1, 0.15) is 53.1 Å². The minimum atomic E-state index is -4.43. The predicted octanol–water partition coefficient (Wildman–Crippen LogP) is 4.47.